The first-order chi connectivity index (χ1) is 23.6. The van der Waals surface area contributed by atoms with Crippen LogP contribution in [0.25, 0.3) is 21.9 Å². The zero-order chi connectivity index (χ0) is 32.7. The summed E-state index contributed by atoms with van der Waals surface area (Å²) < 4.78 is 17.4. The fourth-order valence-electron chi connectivity index (χ4n) is 6.25. The predicted molar refractivity (Wildman–Crippen MR) is 187 cm³/mol. The molecule has 1 aliphatic carbocycles. The Morgan fingerprint density at radius 1 is 0.583 bits per heavy atom. The molecule has 0 aromatic heterocycles. The molecule has 0 spiro atoms. The second-order valence-electron chi connectivity index (χ2n) is 11.9. The average molecular weight is 634 g/mol. The number of fused-ring (bicyclic) bond motifs is 4. The minimum atomic E-state index is -0.949. The first kappa shape index (κ1) is 30.8. The zero-order valence-corrected chi connectivity index (χ0v) is 26.4. The molecule has 7 rings (SSSR count). The largest absolute Gasteiger partial charge is 0.489 e. The van der Waals surface area contributed by atoms with Crippen LogP contribution < -0.4 is 10.1 Å². The molecule has 1 atom stereocenters. The molecular weight excluding hydrogens is 598 g/mol. The fourth-order valence-corrected chi connectivity index (χ4v) is 6.25. The maximum atomic E-state index is 13.5. The highest BCUT2D eigenvalue weighted by atomic mass is 16.6. The number of hydrogen-bond acceptors (Lipinski definition) is 5. The summed E-state index contributed by atoms with van der Waals surface area (Å²) in [7, 11) is 0. The molecular formula is C42H35NO5. The molecule has 0 radical (unpaired) electrons. The van der Waals surface area contributed by atoms with Crippen LogP contribution in [0, 0.1) is 0 Å². The summed E-state index contributed by atoms with van der Waals surface area (Å²) in [6, 6.07) is 46.9. The van der Waals surface area contributed by atoms with Crippen molar-refractivity contribution in [2.24, 2.45) is 0 Å². The Hall–Kier alpha value is -5.88. The summed E-state index contributed by atoms with van der Waals surface area (Å²) >= 11 is 0. The van der Waals surface area contributed by atoms with Gasteiger partial charge in [-0.05, 0) is 61.8 Å². The normalized spacial score (nSPS) is 12.5. The lowest BCUT2D eigenvalue weighted by Crippen LogP contribution is -2.43. The van der Waals surface area contributed by atoms with Gasteiger partial charge >= 0.3 is 12.1 Å². The molecule has 6 heteroatoms. The molecule has 48 heavy (non-hydrogen) atoms. The van der Waals surface area contributed by atoms with Crippen molar-refractivity contribution in [3.8, 4) is 16.9 Å². The van der Waals surface area contributed by atoms with Crippen LogP contribution in [-0.4, -0.2) is 24.7 Å². The first-order valence-corrected chi connectivity index (χ1v) is 16.1. The minimum absolute atomic E-state index is 0.0540. The minimum Gasteiger partial charge on any atom is -0.489 e. The molecule has 0 fully saturated rings. The van der Waals surface area contributed by atoms with Crippen molar-refractivity contribution in [2.75, 3.05) is 6.61 Å². The van der Waals surface area contributed by atoms with Crippen molar-refractivity contribution in [1.29, 1.82) is 0 Å². The zero-order valence-electron chi connectivity index (χ0n) is 26.4. The van der Waals surface area contributed by atoms with Crippen LogP contribution in [0.1, 0.15) is 33.7 Å². The molecule has 1 amide bonds. The number of hydrogen-bond donors (Lipinski definition) is 1. The molecule has 238 valence electrons. The van der Waals surface area contributed by atoms with Gasteiger partial charge in [0.1, 0.15) is 31.6 Å². The standard InChI is InChI=1S/C42H35NO5/c44-41(47-27-30-19-22-34(23-20-30)46-26-29-10-2-1-3-11-29)40(25-31-18-21-32-12-4-5-13-33(32)24-31)43-42(45)48-28-39-37-16-8-6-14-35(37)36-15-7-9-17-38(36)39/h1-24,39-40H,25-28H2,(H,43,45)/t40-/m0/s1. The third kappa shape index (κ3) is 7.08. The number of rotatable bonds is 11. The van der Waals surface area contributed by atoms with E-state index in [1.165, 1.54) is 0 Å². The molecule has 0 saturated carbocycles. The van der Waals surface area contributed by atoms with Gasteiger partial charge in [0.2, 0.25) is 0 Å². The van der Waals surface area contributed by atoms with Gasteiger partial charge in [-0.25, -0.2) is 9.59 Å². The SMILES string of the molecule is O=C(N[C@@H](Cc1ccc2ccccc2c1)C(=O)OCc1ccc(OCc2ccccc2)cc1)OCC1c2ccccc2-c2ccccc21. The van der Waals surface area contributed by atoms with Gasteiger partial charge in [0.15, 0.2) is 0 Å². The lowest BCUT2D eigenvalue weighted by molar-refractivity contribution is -0.147. The quantitative estimate of drug-likeness (QED) is 0.145. The number of amides is 1. The number of carbonyl (C=O) groups excluding carboxylic acids is 2. The summed E-state index contributed by atoms with van der Waals surface area (Å²) in [5, 5.41) is 4.96. The monoisotopic (exact) mass is 633 g/mol. The lowest BCUT2D eigenvalue weighted by atomic mass is 9.98. The van der Waals surface area contributed by atoms with Crippen molar-refractivity contribution >= 4 is 22.8 Å². The Balaban J connectivity index is 1.01. The molecule has 1 N–H and O–H groups in total. The van der Waals surface area contributed by atoms with Gasteiger partial charge < -0.3 is 19.5 Å². The van der Waals surface area contributed by atoms with Gasteiger partial charge in [0.25, 0.3) is 0 Å². The highest BCUT2D eigenvalue weighted by Crippen LogP contribution is 2.44. The molecule has 6 nitrogen and oxygen atoms in total. The van der Waals surface area contributed by atoms with E-state index in [-0.39, 0.29) is 25.6 Å². The van der Waals surface area contributed by atoms with Crippen LogP contribution in [0.3, 0.4) is 0 Å². The second-order valence-corrected chi connectivity index (χ2v) is 11.9. The first-order valence-electron chi connectivity index (χ1n) is 16.1. The van der Waals surface area contributed by atoms with Gasteiger partial charge in [0, 0.05) is 12.3 Å². The molecule has 0 heterocycles. The van der Waals surface area contributed by atoms with E-state index >= 15 is 0 Å². The second kappa shape index (κ2) is 14.3. The summed E-state index contributed by atoms with van der Waals surface area (Å²) in [5.41, 5.74) is 7.32. The van der Waals surface area contributed by atoms with Gasteiger partial charge in [0.05, 0.1) is 0 Å². The van der Waals surface area contributed by atoms with Crippen molar-refractivity contribution in [2.45, 2.75) is 31.6 Å². The van der Waals surface area contributed by atoms with E-state index in [1.54, 1.807) is 0 Å². The Morgan fingerprint density at radius 3 is 1.92 bits per heavy atom. The molecule has 0 saturated heterocycles. The number of carbonyl (C=O) groups is 2. The number of alkyl carbamates (subject to hydrolysis) is 1. The number of esters is 1. The van der Waals surface area contributed by atoms with Crippen LogP contribution in [0.15, 0.2) is 146 Å². The van der Waals surface area contributed by atoms with Crippen molar-refractivity contribution in [1.82, 2.24) is 5.32 Å². The van der Waals surface area contributed by atoms with Crippen LogP contribution in [0.5, 0.6) is 5.75 Å². The number of benzene rings is 6. The van der Waals surface area contributed by atoms with E-state index in [9.17, 15) is 9.59 Å². The van der Waals surface area contributed by atoms with Crippen molar-refractivity contribution in [3.05, 3.63) is 173 Å². The van der Waals surface area contributed by atoms with E-state index in [2.05, 4.69) is 29.6 Å². The summed E-state index contributed by atoms with van der Waals surface area (Å²) in [6.45, 7) is 0.668. The van der Waals surface area contributed by atoms with E-state index in [1.807, 2.05) is 121 Å². The number of ether oxygens (including phenoxy) is 3. The number of nitrogens with one attached hydrogen (secondary N) is 1. The maximum Gasteiger partial charge on any atom is 0.407 e. The third-order valence-corrected chi connectivity index (χ3v) is 8.73. The smallest absolute Gasteiger partial charge is 0.407 e. The Morgan fingerprint density at radius 2 is 1.19 bits per heavy atom. The molecule has 1 aliphatic rings. The van der Waals surface area contributed by atoms with E-state index < -0.39 is 18.1 Å². The van der Waals surface area contributed by atoms with Gasteiger partial charge in [-0.15, -0.1) is 0 Å². The van der Waals surface area contributed by atoms with Gasteiger partial charge in [-0.2, -0.15) is 0 Å². The molecule has 0 bridgehead atoms. The highest BCUT2D eigenvalue weighted by molar-refractivity contribution is 5.85. The fraction of sp³-hybridized carbons (Fsp3) is 0.143. The average Bonchev–Trinajstić information content (AvgIpc) is 3.46. The van der Waals surface area contributed by atoms with Gasteiger partial charge in [-0.1, -0.05) is 133 Å². The molecule has 0 aliphatic heterocycles. The Bertz CT molecular complexity index is 1990. The van der Waals surface area contributed by atoms with Crippen molar-refractivity contribution < 1.29 is 23.8 Å². The van der Waals surface area contributed by atoms with Crippen molar-refractivity contribution in [3.63, 3.8) is 0 Å². The Kier molecular flexibility index (Phi) is 9.14. The molecule has 6 aromatic rings. The van der Waals surface area contributed by atoms with E-state index in [4.69, 9.17) is 14.2 Å². The lowest BCUT2D eigenvalue weighted by Gasteiger charge is -2.20. The van der Waals surface area contributed by atoms with Crippen LogP contribution in [0.2, 0.25) is 0 Å². The van der Waals surface area contributed by atoms with E-state index in [0.29, 0.717) is 6.61 Å². The van der Waals surface area contributed by atoms with Crippen LogP contribution in [-0.2, 0) is 33.9 Å². The van der Waals surface area contributed by atoms with Crippen LogP contribution in [0.4, 0.5) is 4.79 Å². The maximum absolute atomic E-state index is 13.5. The summed E-state index contributed by atoms with van der Waals surface area (Å²) in [4.78, 5) is 26.8. The summed E-state index contributed by atoms with van der Waals surface area (Å²) in [5.74, 6) is 0.0924. The topological polar surface area (TPSA) is 73.9 Å². The highest BCUT2D eigenvalue weighted by Gasteiger charge is 2.30. The Labute approximate surface area is 279 Å². The van der Waals surface area contributed by atoms with Gasteiger partial charge in [-0.3, -0.25) is 0 Å². The van der Waals surface area contributed by atoms with Crippen LogP contribution >= 0.6 is 0 Å². The molecule has 0 unspecified atom stereocenters. The summed E-state index contributed by atoms with van der Waals surface area (Å²) in [6.07, 6.45) is -0.417. The van der Waals surface area contributed by atoms with E-state index in [0.717, 1.165) is 55.5 Å². The third-order valence-electron chi connectivity index (χ3n) is 8.73. The predicted octanol–water partition coefficient (Wildman–Crippen LogP) is 8.61. The molecule has 6 aromatic carbocycles.